The van der Waals surface area contributed by atoms with E-state index in [0.717, 1.165) is 49.5 Å². The van der Waals surface area contributed by atoms with Crippen molar-refractivity contribution in [3.05, 3.63) is 24.2 Å². The number of nitrogens with one attached hydrogen (secondary N) is 1. The Morgan fingerprint density at radius 3 is 3.20 bits per heavy atom. The number of aromatic nitrogens is 3. The first-order valence-corrected chi connectivity index (χ1v) is 7.43. The number of piperidine rings is 1. The van der Waals surface area contributed by atoms with Crippen molar-refractivity contribution < 1.29 is 4.74 Å². The summed E-state index contributed by atoms with van der Waals surface area (Å²) in [6, 6.07) is 4.36. The Bertz CT molecular complexity index is 560. The minimum atomic E-state index is 0.362. The van der Waals surface area contributed by atoms with Crippen LogP contribution >= 0.6 is 0 Å². The van der Waals surface area contributed by atoms with Crippen LogP contribution in [-0.2, 0) is 11.3 Å². The third kappa shape index (κ3) is 2.69. The van der Waals surface area contributed by atoms with E-state index in [2.05, 4.69) is 14.9 Å². The molecule has 1 aliphatic rings. The Morgan fingerprint density at radius 2 is 2.40 bits per heavy atom. The van der Waals surface area contributed by atoms with Gasteiger partial charge in [0, 0.05) is 26.5 Å². The van der Waals surface area contributed by atoms with Gasteiger partial charge in [-0.2, -0.15) is 0 Å². The van der Waals surface area contributed by atoms with Gasteiger partial charge in [0.25, 0.3) is 0 Å². The number of fused-ring (bicyclic) bond motifs is 1. The number of pyridine rings is 1. The first-order chi connectivity index (χ1) is 9.90. The average Bonchev–Trinajstić information content (AvgIpc) is 2.87. The van der Waals surface area contributed by atoms with Gasteiger partial charge in [-0.1, -0.05) is 6.42 Å². The topological polar surface area (TPSA) is 52.0 Å². The van der Waals surface area contributed by atoms with E-state index in [1.165, 1.54) is 12.8 Å². The van der Waals surface area contributed by atoms with Crippen LogP contribution in [0.5, 0.6) is 0 Å². The molecule has 0 radical (unpaired) electrons. The lowest BCUT2D eigenvalue weighted by molar-refractivity contribution is 0.190. The molecule has 0 spiro atoms. The Morgan fingerprint density at radius 1 is 1.45 bits per heavy atom. The summed E-state index contributed by atoms with van der Waals surface area (Å²) >= 11 is 0. The number of nitrogens with zero attached hydrogens (tertiary/aromatic N) is 3. The maximum atomic E-state index is 5.17. The fraction of sp³-hybridized carbons (Fsp3) is 0.600. The second kappa shape index (κ2) is 6.33. The zero-order chi connectivity index (χ0) is 13.8. The van der Waals surface area contributed by atoms with Gasteiger partial charge < -0.3 is 14.6 Å². The number of methoxy groups -OCH3 is 1. The summed E-state index contributed by atoms with van der Waals surface area (Å²) in [5.41, 5.74) is 1.98. The van der Waals surface area contributed by atoms with Crippen LogP contribution < -0.4 is 5.32 Å². The molecule has 0 saturated carbocycles. The van der Waals surface area contributed by atoms with E-state index < -0.39 is 0 Å². The molecule has 1 saturated heterocycles. The number of hydrogen-bond acceptors (Lipinski definition) is 4. The molecule has 0 aromatic carbocycles. The molecule has 0 amide bonds. The molecule has 1 atom stereocenters. The summed E-state index contributed by atoms with van der Waals surface area (Å²) in [6.45, 7) is 2.76. The number of ether oxygens (including phenoxy) is 1. The lowest BCUT2D eigenvalue weighted by atomic mass is 10.0. The normalized spacial score (nSPS) is 19.6. The molecule has 2 aromatic rings. The SMILES string of the molecule is COCCCn1c(C2CCCCN2)nc2cccnc21. The standard InChI is InChI=1S/C15H22N4O/c1-20-11-5-10-19-14-13(7-4-9-17-14)18-15(19)12-6-2-3-8-16-12/h4,7,9,12,16H,2-3,5-6,8,10-11H2,1H3. The Labute approximate surface area is 119 Å². The first kappa shape index (κ1) is 13.5. The fourth-order valence-electron chi connectivity index (χ4n) is 2.90. The van der Waals surface area contributed by atoms with Gasteiger partial charge in [-0.25, -0.2) is 9.97 Å². The third-order valence-electron chi connectivity index (χ3n) is 3.89. The molecule has 108 valence electrons. The van der Waals surface area contributed by atoms with Gasteiger partial charge in [0.1, 0.15) is 11.3 Å². The number of imidazole rings is 1. The monoisotopic (exact) mass is 274 g/mol. The van der Waals surface area contributed by atoms with Crippen molar-refractivity contribution in [2.45, 2.75) is 38.3 Å². The molecule has 1 N–H and O–H groups in total. The largest absolute Gasteiger partial charge is 0.385 e. The summed E-state index contributed by atoms with van der Waals surface area (Å²) in [5, 5.41) is 3.58. The fourth-order valence-corrected chi connectivity index (χ4v) is 2.90. The van der Waals surface area contributed by atoms with Crippen LogP contribution in [0.2, 0.25) is 0 Å². The van der Waals surface area contributed by atoms with E-state index >= 15 is 0 Å². The van der Waals surface area contributed by atoms with Crippen molar-refractivity contribution >= 4 is 11.2 Å². The maximum absolute atomic E-state index is 5.17. The molecule has 0 bridgehead atoms. The lowest BCUT2D eigenvalue weighted by Gasteiger charge is -2.23. The zero-order valence-corrected chi connectivity index (χ0v) is 12.0. The van der Waals surface area contributed by atoms with Crippen molar-refractivity contribution in [1.82, 2.24) is 19.9 Å². The molecule has 2 aromatic heterocycles. The van der Waals surface area contributed by atoms with E-state index in [4.69, 9.17) is 9.72 Å². The molecule has 0 aliphatic carbocycles. The first-order valence-electron chi connectivity index (χ1n) is 7.43. The number of hydrogen-bond donors (Lipinski definition) is 1. The average molecular weight is 274 g/mol. The molecule has 1 unspecified atom stereocenters. The van der Waals surface area contributed by atoms with Crippen LogP contribution in [0.4, 0.5) is 0 Å². The summed E-state index contributed by atoms with van der Waals surface area (Å²) in [5.74, 6) is 1.13. The van der Waals surface area contributed by atoms with Crippen molar-refractivity contribution in [2.24, 2.45) is 0 Å². The van der Waals surface area contributed by atoms with Crippen molar-refractivity contribution in [3.63, 3.8) is 0 Å². The summed E-state index contributed by atoms with van der Waals surface area (Å²) in [4.78, 5) is 9.32. The third-order valence-corrected chi connectivity index (χ3v) is 3.89. The lowest BCUT2D eigenvalue weighted by Crippen LogP contribution is -2.29. The minimum absolute atomic E-state index is 0.362. The van der Waals surface area contributed by atoms with Crippen LogP contribution in [0, 0.1) is 0 Å². The number of rotatable bonds is 5. The summed E-state index contributed by atoms with van der Waals surface area (Å²) in [6.07, 6.45) is 6.52. The molecule has 1 aliphatic heterocycles. The van der Waals surface area contributed by atoms with Crippen LogP contribution in [0.1, 0.15) is 37.5 Å². The van der Waals surface area contributed by atoms with Gasteiger partial charge in [-0.3, -0.25) is 0 Å². The Hall–Kier alpha value is -1.46. The highest BCUT2D eigenvalue weighted by atomic mass is 16.5. The van der Waals surface area contributed by atoms with E-state index in [1.807, 2.05) is 18.3 Å². The van der Waals surface area contributed by atoms with E-state index in [9.17, 15) is 0 Å². The quantitative estimate of drug-likeness (QED) is 0.850. The Kier molecular flexibility index (Phi) is 4.28. The predicted octanol–water partition coefficient (Wildman–Crippen LogP) is 2.28. The van der Waals surface area contributed by atoms with E-state index in [0.29, 0.717) is 6.04 Å². The predicted molar refractivity (Wildman–Crippen MR) is 78.6 cm³/mol. The van der Waals surface area contributed by atoms with E-state index in [-0.39, 0.29) is 0 Å². The highest BCUT2D eigenvalue weighted by Gasteiger charge is 2.22. The second-order valence-electron chi connectivity index (χ2n) is 5.32. The van der Waals surface area contributed by atoms with Gasteiger partial charge in [-0.15, -0.1) is 0 Å². The second-order valence-corrected chi connectivity index (χ2v) is 5.32. The smallest absolute Gasteiger partial charge is 0.160 e. The van der Waals surface area contributed by atoms with Crippen LogP contribution in [0.3, 0.4) is 0 Å². The molecule has 1 fully saturated rings. The number of aryl methyl sites for hydroxylation is 1. The van der Waals surface area contributed by atoms with Gasteiger partial charge in [0.15, 0.2) is 5.65 Å². The molecule has 3 rings (SSSR count). The van der Waals surface area contributed by atoms with Crippen LogP contribution in [0.25, 0.3) is 11.2 Å². The Balaban J connectivity index is 1.93. The molecule has 5 nitrogen and oxygen atoms in total. The van der Waals surface area contributed by atoms with Gasteiger partial charge in [-0.05, 0) is 37.9 Å². The molecule has 3 heterocycles. The molecular formula is C15H22N4O. The van der Waals surface area contributed by atoms with Crippen molar-refractivity contribution in [1.29, 1.82) is 0 Å². The maximum Gasteiger partial charge on any atom is 0.160 e. The van der Waals surface area contributed by atoms with Gasteiger partial charge in [0.05, 0.1) is 6.04 Å². The zero-order valence-electron chi connectivity index (χ0n) is 12.0. The molecule has 5 heteroatoms. The highest BCUT2D eigenvalue weighted by Crippen LogP contribution is 2.25. The summed E-state index contributed by atoms with van der Waals surface area (Å²) < 4.78 is 7.43. The molecular weight excluding hydrogens is 252 g/mol. The van der Waals surface area contributed by atoms with Crippen molar-refractivity contribution in [2.75, 3.05) is 20.3 Å². The van der Waals surface area contributed by atoms with Crippen LogP contribution in [-0.4, -0.2) is 34.8 Å². The van der Waals surface area contributed by atoms with Gasteiger partial charge >= 0.3 is 0 Å². The van der Waals surface area contributed by atoms with Crippen molar-refractivity contribution in [3.8, 4) is 0 Å². The van der Waals surface area contributed by atoms with E-state index in [1.54, 1.807) is 7.11 Å². The molecule has 20 heavy (non-hydrogen) atoms. The van der Waals surface area contributed by atoms with Gasteiger partial charge in [0.2, 0.25) is 0 Å². The van der Waals surface area contributed by atoms with Crippen LogP contribution in [0.15, 0.2) is 18.3 Å². The minimum Gasteiger partial charge on any atom is -0.385 e. The summed E-state index contributed by atoms with van der Waals surface area (Å²) in [7, 11) is 1.74. The highest BCUT2D eigenvalue weighted by molar-refractivity contribution is 5.71.